The summed E-state index contributed by atoms with van der Waals surface area (Å²) in [5, 5.41) is 7.65. The van der Waals surface area contributed by atoms with Gasteiger partial charge in [0, 0.05) is 6.54 Å². The van der Waals surface area contributed by atoms with E-state index in [4.69, 9.17) is 10.5 Å². The summed E-state index contributed by atoms with van der Waals surface area (Å²) < 4.78 is 7.15. The molecule has 1 heterocycles. The molecule has 2 rings (SSSR count). The van der Waals surface area contributed by atoms with Crippen LogP contribution in [0.1, 0.15) is 12.6 Å². The van der Waals surface area contributed by atoms with Crippen LogP contribution in [0.3, 0.4) is 0 Å². The van der Waals surface area contributed by atoms with E-state index in [1.165, 1.54) is 0 Å². The van der Waals surface area contributed by atoms with Gasteiger partial charge in [-0.25, -0.2) is 4.68 Å². The standard InChI is InChI=1S/C13H18N4O/c1-4-17-13(12(14)9(2)16-17)15-10-7-5-6-8-11(10)18-3/h5-8,15H,4,14H2,1-3H3. The number of nitrogens with one attached hydrogen (secondary N) is 1. The Labute approximate surface area is 107 Å². The second-order valence-corrected chi connectivity index (χ2v) is 3.99. The first kappa shape index (κ1) is 12.3. The SMILES string of the molecule is CCn1nc(C)c(N)c1Nc1ccccc1OC. The smallest absolute Gasteiger partial charge is 0.152 e. The van der Waals surface area contributed by atoms with Crippen LogP contribution < -0.4 is 15.8 Å². The van der Waals surface area contributed by atoms with Gasteiger partial charge < -0.3 is 15.8 Å². The molecule has 0 aliphatic rings. The third kappa shape index (κ3) is 2.11. The van der Waals surface area contributed by atoms with Gasteiger partial charge in [0.1, 0.15) is 5.75 Å². The third-order valence-electron chi connectivity index (χ3n) is 2.83. The summed E-state index contributed by atoms with van der Waals surface area (Å²) >= 11 is 0. The Morgan fingerprint density at radius 3 is 2.78 bits per heavy atom. The summed E-state index contributed by atoms with van der Waals surface area (Å²) in [7, 11) is 1.65. The third-order valence-corrected chi connectivity index (χ3v) is 2.83. The number of anilines is 3. The Morgan fingerprint density at radius 2 is 2.11 bits per heavy atom. The van der Waals surface area contributed by atoms with Crippen LogP contribution >= 0.6 is 0 Å². The van der Waals surface area contributed by atoms with E-state index in [0.29, 0.717) is 5.69 Å². The zero-order chi connectivity index (χ0) is 13.1. The van der Waals surface area contributed by atoms with Crippen molar-refractivity contribution in [1.29, 1.82) is 0 Å². The van der Waals surface area contributed by atoms with E-state index < -0.39 is 0 Å². The number of aryl methyl sites for hydroxylation is 2. The number of hydrogen-bond donors (Lipinski definition) is 2. The average Bonchev–Trinajstić information content (AvgIpc) is 2.67. The van der Waals surface area contributed by atoms with Crippen LogP contribution in [0.15, 0.2) is 24.3 Å². The fourth-order valence-corrected chi connectivity index (χ4v) is 1.83. The number of para-hydroxylation sites is 2. The van der Waals surface area contributed by atoms with Gasteiger partial charge in [-0.3, -0.25) is 0 Å². The number of aromatic nitrogens is 2. The molecular weight excluding hydrogens is 228 g/mol. The van der Waals surface area contributed by atoms with Crippen LogP contribution in [0.2, 0.25) is 0 Å². The Bertz CT molecular complexity index is 548. The minimum atomic E-state index is 0.669. The van der Waals surface area contributed by atoms with Crippen LogP contribution in [-0.2, 0) is 6.54 Å². The summed E-state index contributed by atoms with van der Waals surface area (Å²) in [6, 6.07) is 7.72. The summed E-state index contributed by atoms with van der Waals surface area (Å²) in [6.07, 6.45) is 0. The Hall–Kier alpha value is -2.17. The number of methoxy groups -OCH3 is 1. The van der Waals surface area contributed by atoms with Gasteiger partial charge in [0.15, 0.2) is 5.82 Å². The lowest BCUT2D eigenvalue weighted by Crippen LogP contribution is -2.05. The Morgan fingerprint density at radius 1 is 1.39 bits per heavy atom. The molecule has 18 heavy (non-hydrogen) atoms. The van der Waals surface area contributed by atoms with E-state index in [0.717, 1.165) is 29.5 Å². The maximum Gasteiger partial charge on any atom is 0.152 e. The minimum absolute atomic E-state index is 0.669. The highest BCUT2D eigenvalue weighted by molar-refractivity contribution is 5.74. The number of nitrogens with zero attached hydrogens (tertiary/aromatic N) is 2. The number of nitrogens with two attached hydrogens (primary N) is 1. The number of nitrogen functional groups attached to an aromatic ring is 1. The normalized spacial score (nSPS) is 10.4. The van der Waals surface area contributed by atoms with Gasteiger partial charge in [0.2, 0.25) is 0 Å². The quantitative estimate of drug-likeness (QED) is 0.870. The van der Waals surface area contributed by atoms with Crippen LogP contribution in [0.25, 0.3) is 0 Å². The second kappa shape index (κ2) is 5.00. The summed E-state index contributed by atoms with van der Waals surface area (Å²) in [5.41, 5.74) is 8.41. The van der Waals surface area contributed by atoms with E-state index in [1.54, 1.807) is 7.11 Å². The number of hydrogen-bond acceptors (Lipinski definition) is 4. The molecule has 0 unspecified atom stereocenters. The van der Waals surface area contributed by atoms with Crippen molar-refractivity contribution in [2.45, 2.75) is 20.4 Å². The van der Waals surface area contributed by atoms with Crippen molar-refractivity contribution in [2.75, 3.05) is 18.2 Å². The fourth-order valence-electron chi connectivity index (χ4n) is 1.83. The molecule has 0 aliphatic carbocycles. The maximum atomic E-state index is 6.03. The van der Waals surface area contributed by atoms with Crippen molar-refractivity contribution in [3.05, 3.63) is 30.0 Å². The molecule has 0 atom stereocenters. The van der Waals surface area contributed by atoms with E-state index in [-0.39, 0.29) is 0 Å². The fraction of sp³-hybridized carbons (Fsp3) is 0.308. The van der Waals surface area contributed by atoms with E-state index in [1.807, 2.05) is 42.8 Å². The summed E-state index contributed by atoms with van der Waals surface area (Å²) in [5.74, 6) is 1.58. The molecule has 3 N–H and O–H groups in total. The van der Waals surface area contributed by atoms with Crippen LogP contribution in [0, 0.1) is 6.92 Å². The molecule has 0 aliphatic heterocycles. The van der Waals surface area contributed by atoms with Crippen LogP contribution in [0.5, 0.6) is 5.75 Å². The van der Waals surface area contributed by atoms with E-state index >= 15 is 0 Å². The zero-order valence-corrected chi connectivity index (χ0v) is 10.9. The first-order valence-corrected chi connectivity index (χ1v) is 5.90. The van der Waals surface area contributed by atoms with Crippen molar-refractivity contribution in [1.82, 2.24) is 9.78 Å². The Kier molecular flexibility index (Phi) is 3.41. The van der Waals surface area contributed by atoms with Gasteiger partial charge in [-0.15, -0.1) is 0 Å². The van der Waals surface area contributed by atoms with Gasteiger partial charge in [-0.1, -0.05) is 12.1 Å². The molecule has 0 bridgehead atoms. The molecule has 0 fully saturated rings. The molecule has 0 saturated carbocycles. The number of benzene rings is 1. The summed E-state index contributed by atoms with van der Waals surface area (Å²) in [4.78, 5) is 0. The highest BCUT2D eigenvalue weighted by Gasteiger charge is 2.13. The van der Waals surface area contributed by atoms with Gasteiger partial charge in [-0.05, 0) is 26.0 Å². The molecule has 1 aromatic heterocycles. The average molecular weight is 246 g/mol. The lowest BCUT2D eigenvalue weighted by Gasteiger charge is -2.12. The van der Waals surface area contributed by atoms with E-state index in [2.05, 4.69) is 10.4 Å². The molecule has 0 radical (unpaired) electrons. The Balaban J connectivity index is 2.39. The molecular formula is C13H18N4O. The molecule has 0 amide bonds. The molecule has 0 saturated heterocycles. The van der Waals surface area contributed by atoms with Crippen molar-refractivity contribution in [3.8, 4) is 5.75 Å². The van der Waals surface area contributed by atoms with Gasteiger partial charge in [0.05, 0.1) is 24.2 Å². The largest absolute Gasteiger partial charge is 0.495 e. The van der Waals surface area contributed by atoms with Gasteiger partial charge in [0.25, 0.3) is 0 Å². The minimum Gasteiger partial charge on any atom is -0.495 e. The van der Waals surface area contributed by atoms with Crippen LogP contribution in [0.4, 0.5) is 17.2 Å². The lowest BCUT2D eigenvalue weighted by molar-refractivity contribution is 0.416. The van der Waals surface area contributed by atoms with E-state index in [9.17, 15) is 0 Å². The number of ether oxygens (including phenoxy) is 1. The zero-order valence-electron chi connectivity index (χ0n) is 10.9. The molecule has 5 heteroatoms. The molecule has 0 spiro atoms. The van der Waals surface area contributed by atoms with Gasteiger partial charge in [-0.2, -0.15) is 5.10 Å². The second-order valence-electron chi connectivity index (χ2n) is 3.99. The van der Waals surface area contributed by atoms with Crippen molar-refractivity contribution < 1.29 is 4.74 Å². The molecule has 1 aromatic carbocycles. The summed E-state index contributed by atoms with van der Waals surface area (Å²) in [6.45, 7) is 4.68. The first-order chi connectivity index (χ1) is 8.67. The van der Waals surface area contributed by atoms with Crippen molar-refractivity contribution in [2.24, 2.45) is 0 Å². The van der Waals surface area contributed by atoms with Gasteiger partial charge >= 0.3 is 0 Å². The molecule has 5 nitrogen and oxygen atoms in total. The predicted molar refractivity (Wildman–Crippen MR) is 73.3 cm³/mol. The predicted octanol–water partition coefficient (Wildman–Crippen LogP) is 2.55. The highest BCUT2D eigenvalue weighted by Crippen LogP contribution is 2.31. The maximum absolute atomic E-state index is 6.03. The van der Waals surface area contributed by atoms with Crippen molar-refractivity contribution in [3.63, 3.8) is 0 Å². The topological polar surface area (TPSA) is 65.1 Å². The first-order valence-electron chi connectivity index (χ1n) is 5.90. The molecule has 96 valence electrons. The van der Waals surface area contributed by atoms with Crippen molar-refractivity contribution >= 4 is 17.2 Å². The monoisotopic (exact) mass is 246 g/mol. The number of rotatable bonds is 4. The molecule has 2 aromatic rings. The lowest BCUT2D eigenvalue weighted by atomic mass is 10.3. The van der Waals surface area contributed by atoms with Crippen LogP contribution in [-0.4, -0.2) is 16.9 Å². The highest BCUT2D eigenvalue weighted by atomic mass is 16.5.